The Morgan fingerprint density at radius 3 is 2.45 bits per heavy atom. The van der Waals surface area contributed by atoms with Gasteiger partial charge in [-0.05, 0) is 42.0 Å². The highest BCUT2D eigenvalue weighted by Crippen LogP contribution is 2.30. The Labute approximate surface area is 179 Å². The number of thiazole rings is 1. The van der Waals surface area contributed by atoms with Crippen LogP contribution in [0.25, 0.3) is 0 Å². The van der Waals surface area contributed by atoms with Crippen molar-refractivity contribution in [3.8, 4) is 0 Å². The van der Waals surface area contributed by atoms with Gasteiger partial charge in [0, 0.05) is 28.7 Å². The van der Waals surface area contributed by atoms with E-state index in [2.05, 4.69) is 10.3 Å². The van der Waals surface area contributed by atoms with Crippen molar-refractivity contribution in [2.24, 2.45) is 0 Å². The lowest BCUT2D eigenvalue weighted by Crippen LogP contribution is -2.23. The van der Waals surface area contributed by atoms with E-state index in [1.165, 1.54) is 28.4 Å². The second-order valence-corrected chi connectivity index (χ2v) is 7.89. The first-order valence-corrected chi connectivity index (χ1v) is 10.1. The second-order valence-electron chi connectivity index (χ2n) is 6.77. The molecule has 1 aliphatic heterocycles. The van der Waals surface area contributed by atoms with E-state index in [0.29, 0.717) is 41.5 Å². The highest BCUT2D eigenvalue weighted by Gasteiger charge is 2.30. The number of amides is 2. The number of cyclic esters (lactones) is 1. The van der Waals surface area contributed by atoms with Crippen molar-refractivity contribution < 1.29 is 27.5 Å². The Kier molecular flexibility index (Phi) is 5.64. The fourth-order valence-electron chi connectivity index (χ4n) is 3.05. The van der Waals surface area contributed by atoms with Gasteiger partial charge in [-0.2, -0.15) is 13.2 Å². The van der Waals surface area contributed by atoms with Crippen LogP contribution in [0.1, 0.15) is 26.4 Å². The molecule has 2 amide bonds. The first kappa shape index (κ1) is 20.9. The third-order valence-corrected chi connectivity index (χ3v) is 5.55. The Hall–Kier alpha value is -3.40. The number of ether oxygens (including phenoxy) is 1. The molecule has 2 aromatic carbocycles. The molecule has 1 aromatic heterocycles. The molecule has 6 nitrogen and oxygen atoms in total. The van der Waals surface area contributed by atoms with E-state index >= 15 is 0 Å². The monoisotopic (exact) mass is 447 g/mol. The average molecular weight is 447 g/mol. The molecule has 10 heteroatoms. The summed E-state index contributed by atoms with van der Waals surface area (Å²) in [5, 5.41) is 3.09. The molecule has 0 saturated carbocycles. The molecule has 1 aliphatic rings. The number of rotatable bonds is 5. The van der Waals surface area contributed by atoms with Gasteiger partial charge >= 0.3 is 12.3 Å². The van der Waals surface area contributed by atoms with Gasteiger partial charge in [-0.3, -0.25) is 15.0 Å². The maximum atomic E-state index is 12.7. The Morgan fingerprint density at radius 2 is 1.84 bits per heavy atom. The maximum Gasteiger partial charge on any atom is 0.416 e. The number of halogens is 3. The third kappa shape index (κ3) is 4.85. The molecule has 0 aliphatic carbocycles. The lowest BCUT2D eigenvalue weighted by atomic mass is 10.1. The van der Waals surface area contributed by atoms with Gasteiger partial charge in [0.1, 0.15) is 6.61 Å². The zero-order valence-electron chi connectivity index (χ0n) is 16.0. The van der Waals surface area contributed by atoms with Gasteiger partial charge in [0.05, 0.1) is 12.1 Å². The predicted molar refractivity (Wildman–Crippen MR) is 109 cm³/mol. The number of carbonyl (C=O) groups is 2. The molecule has 0 unspecified atom stereocenters. The summed E-state index contributed by atoms with van der Waals surface area (Å²) < 4.78 is 42.9. The Balaban J connectivity index is 1.37. The minimum atomic E-state index is -4.36. The SMILES string of the molecule is O=C(Nc1ncc(Cc2ccc(C(F)(F)F)cc2)s1)c1ccc(N2CCOC2=O)cc1. The molecule has 1 N–H and O–H groups in total. The number of alkyl halides is 3. The third-order valence-electron chi connectivity index (χ3n) is 4.64. The number of nitrogens with one attached hydrogen (secondary N) is 1. The van der Waals surface area contributed by atoms with E-state index in [1.54, 1.807) is 30.5 Å². The van der Waals surface area contributed by atoms with E-state index in [1.807, 2.05) is 0 Å². The number of anilines is 2. The van der Waals surface area contributed by atoms with E-state index in [0.717, 1.165) is 17.0 Å². The van der Waals surface area contributed by atoms with Gasteiger partial charge in [-0.1, -0.05) is 12.1 Å². The summed E-state index contributed by atoms with van der Waals surface area (Å²) in [6.07, 6.45) is -2.79. The molecule has 1 fully saturated rings. The lowest BCUT2D eigenvalue weighted by molar-refractivity contribution is -0.137. The van der Waals surface area contributed by atoms with Gasteiger partial charge in [-0.15, -0.1) is 11.3 Å². The van der Waals surface area contributed by atoms with Crippen LogP contribution in [0.4, 0.5) is 28.8 Å². The number of benzene rings is 2. The van der Waals surface area contributed by atoms with Crippen molar-refractivity contribution in [2.75, 3.05) is 23.4 Å². The Morgan fingerprint density at radius 1 is 1.13 bits per heavy atom. The molecule has 0 bridgehead atoms. The molecule has 160 valence electrons. The van der Waals surface area contributed by atoms with Crippen LogP contribution in [0, 0.1) is 0 Å². The highest BCUT2D eigenvalue weighted by molar-refractivity contribution is 7.15. The summed E-state index contributed by atoms with van der Waals surface area (Å²) in [7, 11) is 0. The predicted octanol–water partition coefficient (Wildman–Crippen LogP) is 4.96. The molecule has 0 spiro atoms. The highest BCUT2D eigenvalue weighted by atomic mass is 32.1. The summed E-state index contributed by atoms with van der Waals surface area (Å²) >= 11 is 1.25. The van der Waals surface area contributed by atoms with Gasteiger partial charge in [0.25, 0.3) is 5.91 Å². The van der Waals surface area contributed by atoms with Crippen molar-refractivity contribution in [1.82, 2.24) is 4.98 Å². The molecule has 2 heterocycles. The van der Waals surface area contributed by atoms with Crippen LogP contribution in [-0.4, -0.2) is 30.1 Å². The van der Waals surface area contributed by atoms with Gasteiger partial charge < -0.3 is 4.74 Å². The van der Waals surface area contributed by atoms with Gasteiger partial charge in [0.2, 0.25) is 0 Å². The van der Waals surface area contributed by atoms with Crippen molar-refractivity contribution in [2.45, 2.75) is 12.6 Å². The summed E-state index contributed by atoms with van der Waals surface area (Å²) in [6, 6.07) is 11.5. The van der Waals surface area contributed by atoms with Gasteiger partial charge in [-0.25, -0.2) is 9.78 Å². The normalized spacial score (nSPS) is 13.9. The number of hydrogen-bond donors (Lipinski definition) is 1. The van der Waals surface area contributed by atoms with E-state index < -0.39 is 17.8 Å². The minimum absolute atomic E-state index is 0.333. The molecule has 3 aromatic rings. The molecule has 0 atom stereocenters. The zero-order chi connectivity index (χ0) is 22.0. The van der Waals surface area contributed by atoms with Crippen molar-refractivity contribution in [3.05, 3.63) is 76.3 Å². The zero-order valence-corrected chi connectivity index (χ0v) is 16.8. The van der Waals surface area contributed by atoms with Crippen LogP contribution in [0.3, 0.4) is 0 Å². The summed E-state index contributed by atoms with van der Waals surface area (Å²) in [6.45, 7) is 0.797. The number of hydrogen-bond acceptors (Lipinski definition) is 5. The summed E-state index contributed by atoms with van der Waals surface area (Å²) in [5.41, 5.74) is 1.06. The minimum Gasteiger partial charge on any atom is -0.447 e. The van der Waals surface area contributed by atoms with Crippen LogP contribution in [0.5, 0.6) is 0 Å². The standard InChI is InChI=1S/C21H16F3N3O3S/c22-21(23,24)15-5-1-13(2-6-15)11-17-12-25-19(31-17)26-18(28)14-3-7-16(8-4-14)27-9-10-30-20(27)29/h1-8,12H,9-11H2,(H,25,26,28). The van der Waals surface area contributed by atoms with Crippen LogP contribution in [-0.2, 0) is 17.3 Å². The van der Waals surface area contributed by atoms with Crippen LogP contribution < -0.4 is 10.2 Å². The molecule has 31 heavy (non-hydrogen) atoms. The van der Waals surface area contributed by atoms with E-state index in [4.69, 9.17) is 4.74 Å². The fraction of sp³-hybridized carbons (Fsp3) is 0.190. The number of carbonyl (C=O) groups excluding carboxylic acids is 2. The maximum absolute atomic E-state index is 12.7. The van der Waals surface area contributed by atoms with E-state index in [9.17, 15) is 22.8 Å². The first-order chi connectivity index (χ1) is 14.8. The summed E-state index contributed by atoms with van der Waals surface area (Å²) in [5.74, 6) is -0.356. The van der Waals surface area contributed by atoms with Crippen molar-refractivity contribution in [1.29, 1.82) is 0 Å². The molecular formula is C21H16F3N3O3S. The molecule has 0 radical (unpaired) electrons. The van der Waals surface area contributed by atoms with E-state index in [-0.39, 0.29) is 5.91 Å². The Bertz CT molecular complexity index is 1100. The second kappa shape index (κ2) is 8.38. The van der Waals surface area contributed by atoms with Crippen molar-refractivity contribution >= 4 is 34.2 Å². The fourth-order valence-corrected chi connectivity index (χ4v) is 3.89. The van der Waals surface area contributed by atoms with Crippen molar-refractivity contribution in [3.63, 3.8) is 0 Å². The lowest BCUT2D eigenvalue weighted by Gasteiger charge is -2.12. The number of aromatic nitrogens is 1. The van der Waals surface area contributed by atoms with Crippen LogP contribution in [0.2, 0.25) is 0 Å². The van der Waals surface area contributed by atoms with Crippen LogP contribution in [0.15, 0.2) is 54.7 Å². The summed E-state index contributed by atoms with van der Waals surface area (Å²) in [4.78, 5) is 30.5. The molecule has 1 saturated heterocycles. The molecule has 4 rings (SSSR count). The first-order valence-electron chi connectivity index (χ1n) is 9.26. The smallest absolute Gasteiger partial charge is 0.416 e. The quantitative estimate of drug-likeness (QED) is 0.600. The largest absolute Gasteiger partial charge is 0.447 e. The average Bonchev–Trinajstić information content (AvgIpc) is 3.36. The van der Waals surface area contributed by atoms with Crippen LogP contribution >= 0.6 is 11.3 Å². The van der Waals surface area contributed by atoms with Gasteiger partial charge in [0.15, 0.2) is 5.13 Å². The number of nitrogens with zero attached hydrogens (tertiary/aromatic N) is 2. The molecular weight excluding hydrogens is 431 g/mol. The topological polar surface area (TPSA) is 71.5 Å².